The second-order valence-electron chi connectivity index (χ2n) is 3.13. The first-order valence-corrected chi connectivity index (χ1v) is 4.50. The van der Waals surface area contributed by atoms with E-state index in [-0.39, 0.29) is 11.9 Å². The third-order valence-corrected chi connectivity index (χ3v) is 1.78. The van der Waals surface area contributed by atoms with Gasteiger partial charge >= 0.3 is 5.82 Å². The molecule has 6 heteroatoms. The van der Waals surface area contributed by atoms with Gasteiger partial charge in [0.2, 0.25) is 0 Å². The molecule has 82 valence electrons. The Hall–Kier alpha value is -1.69. The van der Waals surface area contributed by atoms with E-state index in [0.717, 1.165) is 0 Å². The number of methoxy groups -OCH3 is 1. The van der Waals surface area contributed by atoms with Gasteiger partial charge in [0.05, 0.1) is 6.61 Å². The van der Waals surface area contributed by atoms with Crippen LogP contribution in [0.1, 0.15) is 6.92 Å². The summed E-state index contributed by atoms with van der Waals surface area (Å²) in [6, 6.07) is 3.27. The third-order valence-electron chi connectivity index (χ3n) is 1.78. The van der Waals surface area contributed by atoms with Gasteiger partial charge in [-0.25, -0.2) is 0 Å². The Morgan fingerprint density at radius 2 is 2.47 bits per heavy atom. The molecule has 0 radical (unpaired) electrons. The van der Waals surface area contributed by atoms with Crippen LogP contribution in [0.15, 0.2) is 18.3 Å². The average Bonchev–Trinajstić information content (AvgIpc) is 2.18. The molecule has 1 rings (SSSR count). The highest BCUT2D eigenvalue weighted by molar-refractivity contribution is 5.57. The van der Waals surface area contributed by atoms with Crippen LogP contribution in [-0.2, 0) is 4.74 Å². The largest absolute Gasteiger partial charge is 0.386 e. The zero-order valence-corrected chi connectivity index (χ0v) is 8.64. The number of nitro groups is 1. The number of rotatable bonds is 5. The van der Waals surface area contributed by atoms with Gasteiger partial charge in [-0.1, -0.05) is 0 Å². The number of aromatic nitrogens is 1. The van der Waals surface area contributed by atoms with Crippen molar-refractivity contribution >= 4 is 11.5 Å². The number of hydrogen-bond acceptors (Lipinski definition) is 5. The SMILES string of the molecule is COCC(C)Nc1cccnc1[N+](=O)[O-]. The van der Waals surface area contributed by atoms with Crippen molar-refractivity contribution in [3.05, 3.63) is 28.4 Å². The van der Waals surface area contributed by atoms with Gasteiger partial charge in [0.1, 0.15) is 11.9 Å². The van der Waals surface area contributed by atoms with Crippen molar-refractivity contribution in [1.82, 2.24) is 4.98 Å². The first-order valence-electron chi connectivity index (χ1n) is 4.50. The molecule has 0 spiro atoms. The summed E-state index contributed by atoms with van der Waals surface area (Å²) in [5.41, 5.74) is 0.409. The summed E-state index contributed by atoms with van der Waals surface area (Å²) in [5.74, 6) is -0.166. The van der Waals surface area contributed by atoms with E-state index in [1.54, 1.807) is 19.2 Å². The molecule has 0 aliphatic rings. The molecule has 1 aromatic rings. The highest BCUT2D eigenvalue weighted by Crippen LogP contribution is 2.20. The summed E-state index contributed by atoms with van der Waals surface area (Å²) in [7, 11) is 1.58. The quantitative estimate of drug-likeness (QED) is 0.589. The van der Waals surface area contributed by atoms with Crippen LogP contribution >= 0.6 is 0 Å². The first kappa shape index (κ1) is 11.4. The highest BCUT2D eigenvalue weighted by Gasteiger charge is 2.15. The summed E-state index contributed by atoms with van der Waals surface area (Å²) in [6.45, 7) is 2.35. The second-order valence-corrected chi connectivity index (χ2v) is 3.13. The minimum Gasteiger partial charge on any atom is -0.383 e. The molecule has 1 N–H and O–H groups in total. The monoisotopic (exact) mass is 211 g/mol. The van der Waals surface area contributed by atoms with Gasteiger partial charge in [0, 0.05) is 13.2 Å². The first-order chi connectivity index (χ1) is 7.15. The number of nitrogens with one attached hydrogen (secondary N) is 1. The van der Waals surface area contributed by atoms with E-state index in [0.29, 0.717) is 12.3 Å². The molecular weight excluding hydrogens is 198 g/mol. The fourth-order valence-electron chi connectivity index (χ4n) is 1.21. The molecule has 15 heavy (non-hydrogen) atoms. The Balaban J connectivity index is 2.79. The van der Waals surface area contributed by atoms with Gasteiger partial charge in [-0.05, 0) is 29.0 Å². The highest BCUT2D eigenvalue weighted by atomic mass is 16.6. The van der Waals surface area contributed by atoms with Crippen LogP contribution < -0.4 is 5.32 Å². The van der Waals surface area contributed by atoms with Crippen LogP contribution in [0.25, 0.3) is 0 Å². The fraction of sp³-hybridized carbons (Fsp3) is 0.444. The lowest BCUT2D eigenvalue weighted by Gasteiger charge is -2.13. The zero-order valence-electron chi connectivity index (χ0n) is 8.64. The van der Waals surface area contributed by atoms with E-state index >= 15 is 0 Å². The molecule has 0 aliphatic heterocycles. The summed E-state index contributed by atoms with van der Waals surface area (Å²) in [6.07, 6.45) is 1.39. The maximum atomic E-state index is 10.6. The minimum atomic E-state index is -0.512. The molecule has 1 unspecified atom stereocenters. The van der Waals surface area contributed by atoms with Gasteiger partial charge in [0.25, 0.3) is 0 Å². The minimum absolute atomic E-state index is 0.00194. The van der Waals surface area contributed by atoms with Crippen molar-refractivity contribution in [2.45, 2.75) is 13.0 Å². The van der Waals surface area contributed by atoms with E-state index in [2.05, 4.69) is 10.3 Å². The molecule has 0 saturated carbocycles. The zero-order chi connectivity index (χ0) is 11.3. The number of hydrogen-bond donors (Lipinski definition) is 1. The Bertz CT molecular complexity index is 343. The van der Waals surface area contributed by atoms with Gasteiger partial charge in [-0.15, -0.1) is 0 Å². The predicted octanol–water partition coefficient (Wildman–Crippen LogP) is 1.44. The summed E-state index contributed by atoms with van der Waals surface area (Å²) >= 11 is 0. The number of pyridine rings is 1. The van der Waals surface area contributed by atoms with E-state index in [1.807, 2.05) is 6.92 Å². The van der Waals surface area contributed by atoms with E-state index in [1.165, 1.54) is 6.20 Å². The van der Waals surface area contributed by atoms with Crippen molar-refractivity contribution in [3.8, 4) is 0 Å². The lowest BCUT2D eigenvalue weighted by atomic mass is 10.3. The van der Waals surface area contributed by atoms with Crippen molar-refractivity contribution < 1.29 is 9.66 Å². The molecule has 0 aromatic carbocycles. The van der Waals surface area contributed by atoms with Crippen LogP contribution in [0.5, 0.6) is 0 Å². The van der Waals surface area contributed by atoms with E-state index in [9.17, 15) is 10.1 Å². The van der Waals surface area contributed by atoms with Gasteiger partial charge < -0.3 is 20.2 Å². The predicted molar refractivity (Wildman–Crippen MR) is 55.9 cm³/mol. The van der Waals surface area contributed by atoms with Crippen LogP contribution in [0.3, 0.4) is 0 Å². The molecule has 1 heterocycles. The van der Waals surface area contributed by atoms with Crippen LogP contribution in [0, 0.1) is 10.1 Å². The molecule has 1 atom stereocenters. The summed E-state index contributed by atoms with van der Waals surface area (Å²) in [5, 5.41) is 13.6. The maximum Gasteiger partial charge on any atom is 0.386 e. The normalized spacial score (nSPS) is 12.1. The topological polar surface area (TPSA) is 77.3 Å². The standard InChI is InChI=1S/C9H13N3O3/c1-7(6-15-2)11-8-4-3-5-10-9(8)12(13)14/h3-5,7,11H,6H2,1-2H3. The Kier molecular flexibility index (Phi) is 3.99. The van der Waals surface area contributed by atoms with Crippen molar-refractivity contribution in [2.75, 3.05) is 19.0 Å². The number of ether oxygens (including phenoxy) is 1. The molecule has 0 saturated heterocycles. The number of anilines is 1. The Morgan fingerprint density at radius 1 is 1.73 bits per heavy atom. The summed E-state index contributed by atoms with van der Waals surface area (Å²) < 4.78 is 4.92. The van der Waals surface area contributed by atoms with Crippen LogP contribution in [0.4, 0.5) is 11.5 Å². The van der Waals surface area contributed by atoms with Gasteiger partial charge in [-0.3, -0.25) is 0 Å². The molecule has 0 amide bonds. The van der Waals surface area contributed by atoms with Crippen molar-refractivity contribution in [2.24, 2.45) is 0 Å². The Labute approximate surface area is 87.4 Å². The number of nitrogens with zero attached hydrogens (tertiary/aromatic N) is 2. The molecule has 0 bridgehead atoms. The van der Waals surface area contributed by atoms with Gasteiger partial charge in [0.15, 0.2) is 0 Å². The third kappa shape index (κ3) is 3.17. The lowest BCUT2D eigenvalue weighted by Crippen LogP contribution is -2.21. The van der Waals surface area contributed by atoms with Crippen molar-refractivity contribution in [1.29, 1.82) is 0 Å². The average molecular weight is 211 g/mol. The molecular formula is C9H13N3O3. The molecule has 0 aliphatic carbocycles. The van der Waals surface area contributed by atoms with E-state index < -0.39 is 4.92 Å². The lowest BCUT2D eigenvalue weighted by molar-refractivity contribution is -0.388. The fourth-order valence-corrected chi connectivity index (χ4v) is 1.21. The molecule has 6 nitrogen and oxygen atoms in total. The molecule has 1 aromatic heterocycles. The van der Waals surface area contributed by atoms with Crippen LogP contribution in [-0.4, -0.2) is 29.7 Å². The smallest absolute Gasteiger partial charge is 0.383 e. The Morgan fingerprint density at radius 3 is 3.07 bits per heavy atom. The van der Waals surface area contributed by atoms with E-state index in [4.69, 9.17) is 4.74 Å². The van der Waals surface area contributed by atoms with Crippen LogP contribution in [0.2, 0.25) is 0 Å². The van der Waals surface area contributed by atoms with Gasteiger partial charge in [-0.2, -0.15) is 0 Å². The summed E-state index contributed by atoms with van der Waals surface area (Å²) in [4.78, 5) is 13.8. The second kappa shape index (κ2) is 5.26. The van der Waals surface area contributed by atoms with Crippen molar-refractivity contribution in [3.63, 3.8) is 0 Å². The maximum absolute atomic E-state index is 10.6. The molecule has 0 fully saturated rings.